The van der Waals surface area contributed by atoms with E-state index in [1.54, 1.807) is 6.33 Å². The zero-order chi connectivity index (χ0) is 14.2. The molecule has 0 radical (unpaired) electrons. The highest BCUT2D eigenvalue weighted by Crippen LogP contribution is 2.31. The van der Waals surface area contributed by atoms with Crippen LogP contribution in [0, 0.1) is 5.92 Å². The number of anilines is 1. The molecule has 2 aromatic heterocycles. The Balaban J connectivity index is 1.76. The van der Waals surface area contributed by atoms with Gasteiger partial charge in [0.1, 0.15) is 12.1 Å². The predicted molar refractivity (Wildman–Crippen MR) is 82.5 cm³/mol. The van der Waals surface area contributed by atoms with Gasteiger partial charge in [0.25, 0.3) is 5.78 Å². The molecule has 0 saturated heterocycles. The van der Waals surface area contributed by atoms with Crippen LogP contribution in [0.4, 0.5) is 5.82 Å². The fourth-order valence-electron chi connectivity index (χ4n) is 3.84. The first-order chi connectivity index (χ1) is 10.3. The fraction of sp³-hybridized carbons (Fsp3) is 0.688. The summed E-state index contributed by atoms with van der Waals surface area (Å²) in [5.74, 6) is 2.62. The smallest absolute Gasteiger partial charge is 0.254 e. The van der Waals surface area contributed by atoms with Gasteiger partial charge < -0.3 is 5.32 Å². The number of rotatable bonds is 2. The first kappa shape index (κ1) is 13.0. The largest absolute Gasteiger partial charge is 0.367 e. The van der Waals surface area contributed by atoms with Gasteiger partial charge in [0, 0.05) is 11.6 Å². The van der Waals surface area contributed by atoms with Crippen molar-refractivity contribution in [2.75, 3.05) is 5.32 Å². The van der Waals surface area contributed by atoms with Gasteiger partial charge in [-0.3, -0.25) is 0 Å². The van der Waals surface area contributed by atoms with E-state index in [4.69, 9.17) is 4.98 Å². The van der Waals surface area contributed by atoms with Gasteiger partial charge >= 0.3 is 0 Å². The molecule has 2 aliphatic rings. The van der Waals surface area contributed by atoms with Gasteiger partial charge in [-0.05, 0) is 44.4 Å². The second-order valence-corrected chi connectivity index (χ2v) is 6.58. The fourth-order valence-corrected chi connectivity index (χ4v) is 3.84. The maximum Gasteiger partial charge on any atom is 0.254 e. The zero-order valence-electron chi connectivity index (χ0n) is 12.7. The van der Waals surface area contributed by atoms with Gasteiger partial charge in [-0.15, -0.1) is 0 Å². The van der Waals surface area contributed by atoms with Crippen LogP contribution in [-0.4, -0.2) is 25.6 Å². The van der Waals surface area contributed by atoms with Crippen molar-refractivity contribution >= 4 is 11.6 Å². The van der Waals surface area contributed by atoms with Crippen molar-refractivity contribution in [1.29, 1.82) is 0 Å². The molecule has 1 saturated carbocycles. The van der Waals surface area contributed by atoms with Gasteiger partial charge in [-0.1, -0.05) is 19.8 Å². The summed E-state index contributed by atoms with van der Waals surface area (Å²) in [6.07, 6.45) is 11.6. The maximum absolute atomic E-state index is 4.70. The quantitative estimate of drug-likeness (QED) is 0.921. The molecular formula is C16H23N5. The SMILES string of the molecule is C[C@H]1CCCC[C@@H]1Nc1c2c(nc3ncnn13)CCCC2. The van der Waals surface area contributed by atoms with Crippen molar-refractivity contribution < 1.29 is 0 Å². The van der Waals surface area contributed by atoms with Crippen LogP contribution in [0.1, 0.15) is 56.7 Å². The summed E-state index contributed by atoms with van der Waals surface area (Å²) < 4.78 is 1.91. The minimum atomic E-state index is 0.555. The van der Waals surface area contributed by atoms with Crippen LogP contribution in [0.5, 0.6) is 0 Å². The molecule has 2 heterocycles. The highest BCUT2D eigenvalue weighted by atomic mass is 15.4. The van der Waals surface area contributed by atoms with Gasteiger partial charge in [-0.2, -0.15) is 14.6 Å². The molecule has 21 heavy (non-hydrogen) atoms. The predicted octanol–water partition coefficient (Wildman–Crippen LogP) is 2.99. The number of hydrogen-bond donors (Lipinski definition) is 1. The Labute approximate surface area is 125 Å². The maximum atomic E-state index is 4.70. The van der Waals surface area contributed by atoms with Crippen molar-refractivity contribution in [2.45, 2.75) is 64.3 Å². The van der Waals surface area contributed by atoms with E-state index in [1.807, 2.05) is 4.52 Å². The van der Waals surface area contributed by atoms with Crippen LogP contribution in [0.25, 0.3) is 5.78 Å². The molecule has 112 valence electrons. The Morgan fingerprint density at radius 3 is 2.90 bits per heavy atom. The van der Waals surface area contributed by atoms with Crippen molar-refractivity contribution in [2.24, 2.45) is 5.92 Å². The summed E-state index contributed by atoms with van der Waals surface area (Å²) in [4.78, 5) is 9.00. The van der Waals surface area contributed by atoms with Crippen molar-refractivity contribution in [3.05, 3.63) is 17.6 Å². The molecule has 0 aromatic carbocycles. The summed E-state index contributed by atoms with van der Waals surface area (Å²) in [5.41, 5.74) is 2.60. The van der Waals surface area contributed by atoms with E-state index in [0.717, 1.165) is 30.4 Å². The van der Waals surface area contributed by atoms with Crippen LogP contribution in [0.2, 0.25) is 0 Å². The van der Waals surface area contributed by atoms with Crippen molar-refractivity contribution in [3.63, 3.8) is 0 Å². The average molecular weight is 285 g/mol. The lowest BCUT2D eigenvalue weighted by Crippen LogP contribution is -2.32. The Bertz CT molecular complexity index is 647. The third-order valence-corrected chi connectivity index (χ3v) is 5.13. The molecule has 0 bridgehead atoms. The second kappa shape index (κ2) is 5.28. The van der Waals surface area contributed by atoms with E-state index in [2.05, 4.69) is 22.3 Å². The lowest BCUT2D eigenvalue weighted by Gasteiger charge is -2.31. The Kier molecular flexibility index (Phi) is 3.28. The first-order valence-corrected chi connectivity index (χ1v) is 8.31. The number of aryl methyl sites for hydroxylation is 1. The molecule has 5 heteroatoms. The standard InChI is InChI=1S/C16H23N5/c1-11-6-2-4-8-13(11)19-15-12-7-3-5-9-14(12)20-16-17-10-18-21(15)16/h10-11,13,19H,2-9H2,1H3/t11-,13-/m0/s1. The average Bonchev–Trinajstić information content (AvgIpc) is 2.97. The van der Waals surface area contributed by atoms with Gasteiger partial charge in [0.05, 0.1) is 5.69 Å². The van der Waals surface area contributed by atoms with E-state index in [9.17, 15) is 0 Å². The van der Waals surface area contributed by atoms with Crippen LogP contribution >= 0.6 is 0 Å². The molecule has 0 aliphatic heterocycles. The molecule has 5 nitrogen and oxygen atoms in total. The third-order valence-electron chi connectivity index (χ3n) is 5.13. The van der Waals surface area contributed by atoms with Gasteiger partial charge in [0.2, 0.25) is 0 Å². The third kappa shape index (κ3) is 2.28. The molecule has 0 amide bonds. The molecule has 0 unspecified atom stereocenters. The highest BCUT2D eigenvalue weighted by molar-refractivity contribution is 5.54. The second-order valence-electron chi connectivity index (χ2n) is 6.58. The molecule has 1 fully saturated rings. The number of aromatic nitrogens is 4. The normalized spacial score (nSPS) is 25.8. The summed E-state index contributed by atoms with van der Waals surface area (Å²) in [7, 11) is 0. The zero-order valence-corrected chi connectivity index (χ0v) is 12.7. The number of hydrogen-bond acceptors (Lipinski definition) is 4. The number of fused-ring (bicyclic) bond motifs is 2. The van der Waals surface area contributed by atoms with Crippen LogP contribution < -0.4 is 5.32 Å². The van der Waals surface area contributed by atoms with E-state index in [0.29, 0.717) is 6.04 Å². The highest BCUT2D eigenvalue weighted by Gasteiger charge is 2.25. The van der Waals surface area contributed by atoms with E-state index >= 15 is 0 Å². The Morgan fingerprint density at radius 1 is 1.14 bits per heavy atom. The van der Waals surface area contributed by atoms with Gasteiger partial charge in [-0.25, -0.2) is 4.98 Å². The van der Waals surface area contributed by atoms with Gasteiger partial charge in [0.15, 0.2) is 0 Å². The molecule has 4 rings (SSSR count). The molecule has 1 N–H and O–H groups in total. The monoisotopic (exact) mass is 285 g/mol. The lowest BCUT2D eigenvalue weighted by molar-refractivity contribution is 0.348. The number of nitrogens with one attached hydrogen (secondary N) is 1. The van der Waals surface area contributed by atoms with Crippen molar-refractivity contribution in [1.82, 2.24) is 19.6 Å². The summed E-state index contributed by atoms with van der Waals surface area (Å²) in [6, 6.07) is 0.555. The molecular weight excluding hydrogens is 262 g/mol. The van der Waals surface area contributed by atoms with Crippen LogP contribution in [0.3, 0.4) is 0 Å². The molecule has 2 aliphatic carbocycles. The summed E-state index contributed by atoms with van der Waals surface area (Å²) in [6.45, 7) is 2.36. The minimum Gasteiger partial charge on any atom is -0.367 e. The molecule has 2 atom stereocenters. The Hall–Kier alpha value is -1.65. The minimum absolute atomic E-state index is 0.555. The summed E-state index contributed by atoms with van der Waals surface area (Å²) >= 11 is 0. The van der Waals surface area contributed by atoms with Crippen LogP contribution in [0.15, 0.2) is 6.33 Å². The topological polar surface area (TPSA) is 55.1 Å². The molecule has 0 spiro atoms. The lowest BCUT2D eigenvalue weighted by atomic mass is 9.85. The van der Waals surface area contributed by atoms with E-state index in [1.165, 1.54) is 49.8 Å². The number of nitrogens with zero attached hydrogens (tertiary/aromatic N) is 4. The molecule has 2 aromatic rings. The van der Waals surface area contributed by atoms with Crippen molar-refractivity contribution in [3.8, 4) is 0 Å². The summed E-state index contributed by atoms with van der Waals surface area (Å²) in [5, 5.41) is 8.21. The van der Waals surface area contributed by atoms with Crippen LogP contribution in [-0.2, 0) is 12.8 Å². The Morgan fingerprint density at radius 2 is 2.00 bits per heavy atom. The van der Waals surface area contributed by atoms with E-state index in [-0.39, 0.29) is 0 Å². The first-order valence-electron chi connectivity index (χ1n) is 8.31. The van der Waals surface area contributed by atoms with E-state index < -0.39 is 0 Å².